The van der Waals surface area contributed by atoms with E-state index < -0.39 is 0 Å². The van der Waals surface area contributed by atoms with Gasteiger partial charge in [-0.05, 0) is 31.0 Å². The number of ether oxygens (including phenoxy) is 3. The minimum Gasteiger partial charge on any atom is -0.454 e. The van der Waals surface area contributed by atoms with Crippen LogP contribution in [0.5, 0.6) is 11.5 Å². The molecule has 4 rings (SSSR count). The summed E-state index contributed by atoms with van der Waals surface area (Å²) in [6, 6.07) is 5.25. The normalized spacial score (nSPS) is 20.4. The predicted octanol–water partition coefficient (Wildman–Crippen LogP) is 0.821. The van der Waals surface area contributed by atoms with Crippen LogP contribution >= 0.6 is 0 Å². The van der Waals surface area contributed by atoms with Crippen LogP contribution < -0.4 is 14.8 Å². The number of aliphatic hydroxyl groups is 1. The first kappa shape index (κ1) is 17.7. The second-order valence-electron chi connectivity index (χ2n) is 6.68. The van der Waals surface area contributed by atoms with Crippen molar-refractivity contribution in [3.63, 3.8) is 0 Å². The number of carbonyl (C=O) groups excluding carboxylic acids is 1. The number of aliphatic hydroxyl groups excluding tert-OH is 1. The summed E-state index contributed by atoms with van der Waals surface area (Å²) in [6.45, 7) is 1.15. The van der Waals surface area contributed by atoms with Gasteiger partial charge in [-0.25, -0.2) is 0 Å². The van der Waals surface area contributed by atoms with E-state index in [4.69, 9.17) is 14.2 Å². The molecule has 0 saturated heterocycles. The van der Waals surface area contributed by atoms with Crippen LogP contribution in [0, 0.1) is 0 Å². The zero-order chi connectivity index (χ0) is 18.8. The van der Waals surface area contributed by atoms with Crippen LogP contribution in [-0.4, -0.2) is 52.3 Å². The first-order chi connectivity index (χ1) is 13.2. The van der Waals surface area contributed by atoms with Crippen molar-refractivity contribution in [3.05, 3.63) is 35.4 Å². The van der Waals surface area contributed by atoms with Crippen molar-refractivity contribution in [1.29, 1.82) is 0 Å². The number of methoxy groups -OCH3 is 1. The largest absolute Gasteiger partial charge is 0.454 e. The molecule has 1 aliphatic carbocycles. The molecule has 2 aromatic rings. The highest BCUT2D eigenvalue weighted by molar-refractivity contribution is 5.95. The quantitative estimate of drug-likeness (QED) is 0.739. The third kappa shape index (κ3) is 3.47. The van der Waals surface area contributed by atoms with Gasteiger partial charge in [0.05, 0.1) is 6.61 Å². The van der Waals surface area contributed by atoms with Gasteiger partial charge >= 0.3 is 0 Å². The van der Waals surface area contributed by atoms with Gasteiger partial charge in [0, 0.05) is 31.2 Å². The molecule has 1 fully saturated rings. The molecule has 0 bridgehead atoms. The molecule has 144 valence electrons. The summed E-state index contributed by atoms with van der Waals surface area (Å²) >= 11 is 0. The average molecular weight is 374 g/mol. The molecule has 1 aromatic heterocycles. The van der Waals surface area contributed by atoms with E-state index in [0.717, 1.165) is 18.7 Å². The number of hydrogen-bond acceptors (Lipinski definition) is 7. The van der Waals surface area contributed by atoms with Crippen molar-refractivity contribution in [2.24, 2.45) is 0 Å². The number of nitrogens with zero attached hydrogens (tertiary/aromatic N) is 3. The number of nitrogens with one attached hydrogen (secondary N) is 1. The van der Waals surface area contributed by atoms with Crippen molar-refractivity contribution in [2.75, 3.05) is 20.5 Å². The predicted molar refractivity (Wildman–Crippen MR) is 93.6 cm³/mol. The third-order valence-corrected chi connectivity index (χ3v) is 4.99. The lowest BCUT2D eigenvalue weighted by Gasteiger charge is -2.35. The highest BCUT2D eigenvalue weighted by Gasteiger charge is 2.35. The molecule has 0 unspecified atom stereocenters. The van der Waals surface area contributed by atoms with Crippen molar-refractivity contribution < 1.29 is 24.1 Å². The van der Waals surface area contributed by atoms with Gasteiger partial charge in [-0.3, -0.25) is 4.79 Å². The minimum atomic E-state index is -0.159. The van der Waals surface area contributed by atoms with Crippen LogP contribution in [0.4, 0.5) is 0 Å². The molecule has 0 spiro atoms. The average Bonchev–Trinajstić information content (AvgIpc) is 3.27. The molecule has 1 amide bonds. The fourth-order valence-corrected chi connectivity index (χ4v) is 3.45. The van der Waals surface area contributed by atoms with Gasteiger partial charge in [0.15, 0.2) is 17.3 Å². The first-order valence-electron chi connectivity index (χ1n) is 8.92. The Morgan fingerprint density at radius 2 is 2.15 bits per heavy atom. The van der Waals surface area contributed by atoms with Gasteiger partial charge in [-0.2, -0.15) is 0 Å². The van der Waals surface area contributed by atoms with E-state index in [9.17, 15) is 9.90 Å². The Kier molecular flexibility index (Phi) is 4.95. The molecule has 9 nitrogen and oxygen atoms in total. The monoisotopic (exact) mass is 374 g/mol. The summed E-state index contributed by atoms with van der Waals surface area (Å²) in [7, 11) is 1.63. The number of fused-ring (bicyclic) bond motifs is 1. The molecule has 2 heterocycles. The molecular weight excluding hydrogens is 352 g/mol. The van der Waals surface area contributed by atoms with Gasteiger partial charge in [0.25, 0.3) is 5.91 Å². The lowest BCUT2D eigenvalue weighted by atomic mass is 9.79. The summed E-state index contributed by atoms with van der Waals surface area (Å²) in [6.07, 6.45) is 1.57. The van der Waals surface area contributed by atoms with Gasteiger partial charge in [-0.1, -0.05) is 0 Å². The van der Waals surface area contributed by atoms with Gasteiger partial charge in [0.1, 0.15) is 12.4 Å². The Labute approximate surface area is 156 Å². The van der Waals surface area contributed by atoms with Crippen molar-refractivity contribution in [2.45, 2.75) is 38.0 Å². The second kappa shape index (κ2) is 7.53. The Morgan fingerprint density at radius 3 is 2.93 bits per heavy atom. The molecule has 27 heavy (non-hydrogen) atoms. The van der Waals surface area contributed by atoms with Crippen molar-refractivity contribution in [1.82, 2.24) is 20.1 Å². The molecule has 2 N–H and O–H groups in total. The van der Waals surface area contributed by atoms with E-state index in [2.05, 4.69) is 15.5 Å². The van der Waals surface area contributed by atoms with Crippen LogP contribution in [0.3, 0.4) is 0 Å². The lowest BCUT2D eigenvalue weighted by molar-refractivity contribution is 0.0905. The van der Waals surface area contributed by atoms with Gasteiger partial charge < -0.3 is 29.2 Å². The standard InChI is InChI=1S/C18H22N4O5/c1-25-5-4-22-16(9-23)20-21-17(22)12-6-13(7-12)19-18(24)11-2-3-14-15(8-11)27-10-26-14/h2-3,8,12-13,23H,4-7,9-10H2,1H3,(H,19,24). The van der Waals surface area contributed by atoms with E-state index in [-0.39, 0.29) is 31.3 Å². The maximum atomic E-state index is 12.5. The van der Waals surface area contributed by atoms with E-state index in [1.807, 2.05) is 4.57 Å². The van der Waals surface area contributed by atoms with Gasteiger partial charge in [-0.15, -0.1) is 10.2 Å². The molecule has 1 aliphatic heterocycles. The Hall–Kier alpha value is -2.65. The van der Waals surface area contributed by atoms with E-state index in [1.165, 1.54) is 0 Å². The van der Waals surface area contributed by atoms with E-state index >= 15 is 0 Å². The van der Waals surface area contributed by atoms with Crippen LogP contribution in [0.1, 0.15) is 40.8 Å². The smallest absolute Gasteiger partial charge is 0.251 e. The second-order valence-corrected chi connectivity index (χ2v) is 6.68. The fourth-order valence-electron chi connectivity index (χ4n) is 3.45. The number of benzene rings is 1. The SMILES string of the molecule is COCCn1c(CO)nnc1C1CC(NC(=O)c2ccc3c(c2)OCO3)C1. The van der Waals surface area contributed by atoms with E-state index in [1.54, 1.807) is 25.3 Å². The number of rotatable bonds is 7. The van der Waals surface area contributed by atoms with Crippen LogP contribution in [0.15, 0.2) is 18.2 Å². The summed E-state index contributed by atoms with van der Waals surface area (Å²) in [5, 5.41) is 20.7. The third-order valence-electron chi connectivity index (χ3n) is 4.99. The fraction of sp³-hybridized carbons (Fsp3) is 0.500. The molecule has 1 saturated carbocycles. The summed E-state index contributed by atoms with van der Waals surface area (Å²) in [5.41, 5.74) is 0.550. The van der Waals surface area contributed by atoms with Crippen LogP contribution in [0.2, 0.25) is 0 Å². The molecular formula is C18H22N4O5. The highest BCUT2D eigenvalue weighted by atomic mass is 16.7. The van der Waals surface area contributed by atoms with Crippen LogP contribution in [0.25, 0.3) is 0 Å². The topological polar surface area (TPSA) is 108 Å². The Balaban J connectivity index is 1.36. The Bertz CT molecular complexity index is 831. The number of amides is 1. The van der Waals surface area contributed by atoms with E-state index in [0.29, 0.717) is 36.0 Å². The van der Waals surface area contributed by atoms with Crippen LogP contribution in [-0.2, 0) is 17.9 Å². The number of carbonyl (C=O) groups is 1. The minimum absolute atomic E-state index is 0.0816. The summed E-state index contributed by atoms with van der Waals surface area (Å²) < 4.78 is 17.6. The molecule has 2 aliphatic rings. The molecule has 0 radical (unpaired) electrons. The van der Waals surface area contributed by atoms with Gasteiger partial charge in [0.2, 0.25) is 6.79 Å². The number of hydrogen-bond donors (Lipinski definition) is 2. The molecule has 1 aromatic carbocycles. The van der Waals surface area contributed by atoms with Crippen molar-refractivity contribution >= 4 is 5.91 Å². The zero-order valence-corrected chi connectivity index (χ0v) is 15.1. The zero-order valence-electron chi connectivity index (χ0n) is 15.1. The summed E-state index contributed by atoms with van der Waals surface area (Å²) in [5.74, 6) is 2.70. The lowest BCUT2D eigenvalue weighted by Crippen LogP contribution is -2.44. The molecule has 0 atom stereocenters. The van der Waals surface area contributed by atoms with Crippen molar-refractivity contribution in [3.8, 4) is 11.5 Å². The number of aromatic nitrogens is 3. The highest BCUT2D eigenvalue weighted by Crippen LogP contribution is 2.37. The summed E-state index contributed by atoms with van der Waals surface area (Å²) in [4.78, 5) is 12.5. The maximum absolute atomic E-state index is 12.5. The molecule has 9 heteroatoms. The maximum Gasteiger partial charge on any atom is 0.251 e. The first-order valence-corrected chi connectivity index (χ1v) is 8.92. The Morgan fingerprint density at radius 1 is 1.33 bits per heavy atom.